The van der Waals surface area contributed by atoms with E-state index in [1.165, 1.54) is 6.07 Å². The molecule has 3 N–H and O–H groups in total. The molecule has 6 heteroatoms. The summed E-state index contributed by atoms with van der Waals surface area (Å²) in [6.45, 7) is 5.91. The molecule has 0 fully saturated rings. The van der Waals surface area contributed by atoms with Gasteiger partial charge in [-0.3, -0.25) is 9.59 Å². The molecule has 5 nitrogen and oxygen atoms in total. The van der Waals surface area contributed by atoms with Gasteiger partial charge in [-0.1, -0.05) is 24.6 Å². The van der Waals surface area contributed by atoms with Crippen LogP contribution in [0.15, 0.2) is 42.5 Å². The van der Waals surface area contributed by atoms with Gasteiger partial charge in [-0.15, -0.1) is 0 Å². The molecule has 2 rings (SSSR count). The highest BCUT2D eigenvalue weighted by Crippen LogP contribution is 2.22. The van der Waals surface area contributed by atoms with Crippen molar-refractivity contribution < 1.29 is 14.7 Å². The van der Waals surface area contributed by atoms with Gasteiger partial charge < -0.3 is 15.7 Å². The van der Waals surface area contributed by atoms with Gasteiger partial charge in [0.1, 0.15) is 5.75 Å². The molecular weight excluding hydrogens is 352 g/mol. The number of hydrogen-bond donors (Lipinski definition) is 3. The van der Waals surface area contributed by atoms with E-state index in [0.717, 1.165) is 6.42 Å². The number of anilines is 1. The van der Waals surface area contributed by atoms with E-state index in [-0.39, 0.29) is 29.5 Å². The van der Waals surface area contributed by atoms with Crippen molar-refractivity contribution in [3.8, 4) is 5.75 Å². The number of halogens is 1. The molecule has 0 spiro atoms. The van der Waals surface area contributed by atoms with Crippen molar-refractivity contribution in [1.29, 1.82) is 0 Å². The summed E-state index contributed by atoms with van der Waals surface area (Å²) in [5.41, 5.74) is 1.11. The van der Waals surface area contributed by atoms with Gasteiger partial charge in [-0.25, -0.2) is 0 Å². The predicted octanol–water partition coefficient (Wildman–Crippen LogP) is 4.15. The second-order valence-corrected chi connectivity index (χ2v) is 7.21. The Hall–Kier alpha value is -2.53. The summed E-state index contributed by atoms with van der Waals surface area (Å²) in [5, 5.41) is 15.9. The van der Waals surface area contributed by atoms with Crippen LogP contribution in [0.4, 0.5) is 5.69 Å². The van der Waals surface area contributed by atoms with Crippen LogP contribution in [-0.2, 0) is 11.2 Å². The molecule has 0 saturated carbocycles. The van der Waals surface area contributed by atoms with E-state index < -0.39 is 0 Å². The van der Waals surface area contributed by atoms with Crippen LogP contribution in [0.25, 0.3) is 0 Å². The lowest BCUT2D eigenvalue weighted by molar-refractivity contribution is -0.115. The molecule has 2 aromatic carbocycles. The van der Waals surface area contributed by atoms with Gasteiger partial charge in [0.15, 0.2) is 0 Å². The second kappa shape index (κ2) is 8.23. The van der Waals surface area contributed by atoms with Gasteiger partial charge >= 0.3 is 0 Å². The molecule has 0 saturated heterocycles. The zero-order valence-electron chi connectivity index (χ0n) is 15.1. The predicted molar refractivity (Wildman–Crippen MR) is 104 cm³/mol. The second-order valence-electron chi connectivity index (χ2n) is 6.77. The zero-order valence-corrected chi connectivity index (χ0v) is 15.9. The van der Waals surface area contributed by atoms with Crippen LogP contribution < -0.4 is 10.6 Å². The van der Waals surface area contributed by atoms with E-state index in [2.05, 4.69) is 10.6 Å². The number of phenols is 1. The van der Waals surface area contributed by atoms with Gasteiger partial charge in [-0.05, 0) is 56.7 Å². The summed E-state index contributed by atoms with van der Waals surface area (Å²) in [5.74, 6) is -0.492. The SMILES string of the molecule is CCC(C)(C)NC(=O)c1cccc(NC(=O)Cc2cc(Cl)ccc2O)c1. The van der Waals surface area contributed by atoms with E-state index in [1.807, 2.05) is 20.8 Å². The van der Waals surface area contributed by atoms with Crippen LogP contribution in [0.5, 0.6) is 5.75 Å². The highest BCUT2D eigenvalue weighted by molar-refractivity contribution is 6.30. The fourth-order valence-electron chi connectivity index (χ4n) is 2.28. The van der Waals surface area contributed by atoms with Crippen molar-refractivity contribution >= 4 is 29.1 Å². The van der Waals surface area contributed by atoms with Gasteiger partial charge in [0.2, 0.25) is 5.91 Å². The third-order valence-corrected chi connectivity index (χ3v) is 4.37. The van der Waals surface area contributed by atoms with Crippen LogP contribution in [0.2, 0.25) is 5.02 Å². The number of carbonyl (C=O) groups excluding carboxylic acids is 2. The Kier molecular flexibility index (Phi) is 6.27. The number of phenolic OH excluding ortho intramolecular Hbond substituents is 1. The molecule has 2 amide bonds. The first-order valence-electron chi connectivity index (χ1n) is 8.40. The van der Waals surface area contributed by atoms with E-state index in [0.29, 0.717) is 21.8 Å². The maximum atomic E-state index is 12.4. The quantitative estimate of drug-likeness (QED) is 0.710. The summed E-state index contributed by atoms with van der Waals surface area (Å²) < 4.78 is 0. The lowest BCUT2D eigenvalue weighted by Gasteiger charge is -2.24. The maximum Gasteiger partial charge on any atom is 0.251 e. The smallest absolute Gasteiger partial charge is 0.251 e. The van der Waals surface area contributed by atoms with Gasteiger partial charge in [0.25, 0.3) is 5.91 Å². The monoisotopic (exact) mass is 374 g/mol. The average Bonchev–Trinajstić information content (AvgIpc) is 2.58. The molecular formula is C20H23ClN2O3. The first kappa shape index (κ1) is 19.8. The first-order valence-corrected chi connectivity index (χ1v) is 8.78. The molecule has 0 aliphatic heterocycles. The Balaban J connectivity index is 2.07. The van der Waals surface area contributed by atoms with Gasteiger partial charge in [-0.2, -0.15) is 0 Å². The summed E-state index contributed by atoms with van der Waals surface area (Å²) in [6, 6.07) is 11.3. The number of aromatic hydroxyl groups is 1. The van der Waals surface area contributed by atoms with Crippen molar-refractivity contribution in [2.24, 2.45) is 0 Å². The maximum absolute atomic E-state index is 12.4. The molecule has 0 bridgehead atoms. The first-order chi connectivity index (χ1) is 12.2. The zero-order chi connectivity index (χ0) is 19.3. The van der Waals surface area contributed by atoms with Crippen molar-refractivity contribution in [1.82, 2.24) is 5.32 Å². The number of hydrogen-bond acceptors (Lipinski definition) is 3. The Morgan fingerprint density at radius 2 is 1.88 bits per heavy atom. The molecule has 0 aliphatic carbocycles. The molecule has 26 heavy (non-hydrogen) atoms. The molecule has 2 aromatic rings. The lowest BCUT2D eigenvalue weighted by Crippen LogP contribution is -2.42. The minimum absolute atomic E-state index is 0.0134. The van der Waals surface area contributed by atoms with Crippen LogP contribution in [-0.4, -0.2) is 22.5 Å². The Bertz CT molecular complexity index is 818. The van der Waals surface area contributed by atoms with E-state index in [4.69, 9.17) is 11.6 Å². The van der Waals surface area contributed by atoms with E-state index >= 15 is 0 Å². The standard InChI is InChI=1S/C20H23ClN2O3/c1-4-20(2,3)23-19(26)13-6-5-7-16(11-13)22-18(25)12-14-10-15(21)8-9-17(14)24/h5-11,24H,4,12H2,1-3H3,(H,22,25)(H,23,26). The molecule has 0 heterocycles. The largest absolute Gasteiger partial charge is 0.508 e. The Morgan fingerprint density at radius 3 is 2.58 bits per heavy atom. The minimum atomic E-state index is -0.311. The molecule has 138 valence electrons. The third kappa shape index (κ3) is 5.49. The van der Waals surface area contributed by atoms with Crippen LogP contribution >= 0.6 is 11.6 Å². The molecule has 0 radical (unpaired) electrons. The number of carbonyl (C=O) groups is 2. The highest BCUT2D eigenvalue weighted by atomic mass is 35.5. The van der Waals surface area contributed by atoms with Crippen molar-refractivity contribution in [2.45, 2.75) is 39.2 Å². The highest BCUT2D eigenvalue weighted by Gasteiger charge is 2.19. The average molecular weight is 375 g/mol. The fraction of sp³-hybridized carbons (Fsp3) is 0.300. The molecule has 0 unspecified atom stereocenters. The summed E-state index contributed by atoms with van der Waals surface area (Å²) in [4.78, 5) is 24.6. The number of rotatable bonds is 6. The van der Waals surface area contributed by atoms with E-state index in [9.17, 15) is 14.7 Å². The topological polar surface area (TPSA) is 78.4 Å². The van der Waals surface area contributed by atoms with Gasteiger partial charge in [0.05, 0.1) is 6.42 Å². The van der Waals surface area contributed by atoms with Crippen LogP contribution in [0.3, 0.4) is 0 Å². The molecule has 0 aliphatic rings. The van der Waals surface area contributed by atoms with Crippen LogP contribution in [0.1, 0.15) is 43.1 Å². The summed E-state index contributed by atoms with van der Waals surface area (Å²) >= 11 is 5.89. The molecule has 0 aromatic heterocycles. The van der Waals surface area contributed by atoms with Gasteiger partial charge in [0, 0.05) is 27.4 Å². The van der Waals surface area contributed by atoms with Crippen molar-refractivity contribution in [3.05, 3.63) is 58.6 Å². The van der Waals surface area contributed by atoms with Crippen molar-refractivity contribution in [3.63, 3.8) is 0 Å². The number of nitrogens with one attached hydrogen (secondary N) is 2. The fourth-order valence-corrected chi connectivity index (χ4v) is 2.47. The normalized spacial score (nSPS) is 11.1. The summed E-state index contributed by atoms with van der Waals surface area (Å²) in [6.07, 6.45) is 0.782. The molecule has 0 atom stereocenters. The van der Waals surface area contributed by atoms with E-state index in [1.54, 1.807) is 36.4 Å². The number of amides is 2. The summed E-state index contributed by atoms with van der Waals surface area (Å²) in [7, 11) is 0. The Morgan fingerprint density at radius 1 is 1.15 bits per heavy atom. The number of benzene rings is 2. The Labute approximate surface area is 158 Å². The van der Waals surface area contributed by atoms with Crippen molar-refractivity contribution in [2.75, 3.05) is 5.32 Å². The minimum Gasteiger partial charge on any atom is -0.508 e. The third-order valence-electron chi connectivity index (χ3n) is 4.14. The lowest BCUT2D eigenvalue weighted by atomic mass is 10.0. The van der Waals surface area contributed by atoms with Crippen LogP contribution in [0, 0.1) is 0 Å².